The second-order valence-corrected chi connectivity index (χ2v) is 6.32. The number of hydrogen-bond acceptors (Lipinski definition) is 6. The van der Waals surface area contributed by atoms with Crippen molar-refractivity contribution in [3.05, 3.63) is 83.4 Å². The second-order valence-electron chi connectivity index (χ2n) is 6.32. The number of rotatable bonds is 4. The quantitative estimate of drug-likeness (QED) is 0.412. The van der Waals surface area contributed by atoms with Gasteiger partial charge in [0.05, 0.1) is 0 Å². The average molecular weight is 404 g/mol. The Labute approximate surface area is 172 Å². The van der Waals surface area contributed by atoms with Gasteiger partial charge in [-0.3, -0.25) is 20.2 Å². The van der Waals surface area contributed by atoms with E-state index in [0.29, 0.717) is 23.0 Å². The summed E-state index contributed by atoms with van der Waals surface area (Å²) in [6.07, 6.45) is 2.68. The number of carbonyl (C=O) groups excluding carboxylic acids is 2. The monoisotopic (exact) mass is 404 g/mol. The van der Waals surface area contributed by atoms with Crippen molar-refractivity contribution in [2.24, 2.45) is 0 Å². The Balaban J connectivity index is 0.000000171. The number of amides is 2. The van der Waals surface area contributed by atoms with Crippen molar-refractivity contribution in [3.8, 4) is 0 Å². The van der Waals surface area contributed by atoms with Crippen LogP contribution in [0.25, 0.3) is 0 Å². The standard InChI is InChI=1S/2C10H10N4O/c2*1-7-3-2-4-8(5-7)9(15)13-10-11-6-12-14-10/h2*2-6H,1H3,(H2,11,12,13,14,15). The van der Waals surface area contributed by atoms with Crippen molar-refractivity contribution in [1.82, 2.24) is 30.4 Å². The molecule has 152 valence electrons. The minimum absolute atomic E-state index is 0.199. The lowest BCUT2D eigenvalue weighted by Crippen LogP contribution is -2.12. The van der Waals surface area contributed by atoms with E-state index in [0.717, 1.165) is 11.1 Å². The van der Waals surface area contributed by atoms with Crippen LogP contribution in [0.3, 0.4) is 0 Å². The minimum atomic E-state index is -0.199. The van der Waals surface area contributed by atoms with Gasteiger partial charge in [-0.15, -0.1) is 0 Å². The molecule has 0 saturated carbocycles. The van der Waals surface area contributed by atoms with Gasteiger partial charge in [0.2, 0.25) is 11.9 Å². The van der Waals surface area contributed by atoms with Crippen LogP contribution < -0.4 is 10.6 Å². The number of carbonyl (C=O) groups is 2. The van der Waals surface area contributed by atoms with Gasteiger partial charge in [0.25, 0.3) is 11.8 Å². The van der Waals surface area contributed by atoms with Gasteiger partial charge in [-0.2, -0.15) is 20.2 Å². The van der Waals surface area contributed by atoms with Crippen LogP contribution in [0.4, 0.5) is 11.9 Å². The van der Waals surface area contributed by atoms with Gasteiger partial charge in [-0.1, -0.05) is 35.4 Å². The van der Waals surface area contributed by atoms with Crippen LogP contribution in [0.2, 0.25) is 0 Å². The summed E-state index contributed by atoms with van der Waals surface area (Å²) in [6.45, 7) is 3.87. The molecule has 2 aromatic carbocycles. The fourth-order valence-corrected chi connectivity index (χ4v) is 2.46. The maximum absolute atomic E-state index is 11.7. The Bertz CT molecular complexity index is 1020. The van der Waals surface area contributed by atoms with Crippen LogP contribution >= 0.6 is 0 Å². The summed E-state index contributed by atoms with van der Waals surface area (Å²) in [5.74, 6) is 0.300. The van der Waals surface area contributed by atoms with Crippen molar-refractivity contribution in [2.45, 2.75) is 13.8 Å². The lowest BCUT2D eigenvalue weighted by Gasteiger charge is -2.01. The highest BCUT2D eigenvalue weighted by atomic mass is 16.2. The molecule has 0 aliphatic carbocycles. The molecule has 0 saturated heterocycles. The number of aryl methyl sites for hydroxylation is 2. The van der Waals surface area contributed by atoms with Crippen molar-refractivity contribution >= 4 is 23.7 Å². The molecule has 4 aromatic rings. The largest absolute Gasteiger partial charge is 0.291 e. The lowest BCUT2D eigenvalue weighted by atomic mass is 10.1. The van der Waals surface area contributed by atoms with E-state index in [1.807, 2.05) is 50.2 Å². The summed E-state index contributed by atoms with van der Waals surface area (Å²) in [5.41, 5.74) is 3.29. The predicted octanol–water partition coefficient (Wildman–Crippen LogP) is 2.73. The molecule has 0 aliphatic heterocycles. The number of nitrogens with zero attached hydrogens (tertiary/aromatic N) is 4. The molecule has 0 aliphatic rings. The molecule has 2 heterocycles. The topological polar surface area (TPSA) is 141 Å². The first-order valence-corrected chi connectivity index (χ1v) is 8.98. The molecule has 4 N–H and O–H groups in total. The number of hydrogen-bond donors (Lipinski definition) is 4. The summed E-state index contributed by atoms with van der Waals surface area (Å²) in [5, 5.41) is 17.6. The van der Waals surface area contributed by atoms with E-state index in [9.17, 15) is 9.59 Å². The molecule has 30 heavy (non-hydrogen) atoms. The Morgan fingerprint density at radius 2 is 1.17 bits per heavy atom. The van der Waals surface area contributed by atoms with E-state index >= 15 is 0 Å². The van der Waals surface area contributed by atoms with Crippen LogP contribution in [0.15, 0.2) is 61.2 Å². The van der Waals surface area contributed by atoms with Crippen LogP contribution in [-0.2, 0) is 0 Å². The van der Waals surface area contributed by atoms with Crippen molar-refractivity contribution < 1.29 is 9.59 Å². The number of H-pyrrole nitrogens is 2. The van der Waals surface area contributed by atoms with Crippen LogP contribution in [0.1, 0.15) is 31.8 Å². The highest BCUT2D eigenvalue weighted by molar-refractivity contribution is 6.03. The van der Waals surface area contributed by atoms with Gasteiger partial charge in [0.15, 0.2) is 0 Å². The molecule has 0 bridgehead atoms. The molecule has 0 fully saturated rings. The number of aromatic amines is 2. The number of aromatic nitrogens is 6. The summed E-state index contributed by atoms with van der Waals surface area (Å²) in [4.78, 5) is 30.9. The zero-order chi connectivity index (χ0) is 21.3. The number of anilines is 2. The number of nitrogens with one attached hydrogen (secondary N) is 4. The SMILES string of the molecule is Cc1cccc(C(=O)Nc2ncn[nH]2)c1.Cc1cccc(C(=O)Nc2ncn[nH]2)c1. The highest BCUT2D eigenvalue weighted by Gasteiger charge is 2.07. The van der Waals surface area contributed by atoms with E-state index in [1.165, 1.54) is 12.7 Å². The smallest absolute Gasteiger partial charge is 0.258 e. The fraction of sp³-hybridized carbons (Fsp3) is 0.100. The van der Waals surface area contributed by atoms with Gasteiger partial charge in [0, 0.05) is 11.1 Å². The fourth-order valence-electron chi connectivity index (χ4n) is 2.46. The van der Waals surface area contributed by atoms with Gasteiger partial charge < -0.3 is 0 Å². The molecular weight excluding hydrogens is 384 g/mol. The molecule has 10 nitrogen and oxygen atoms in total. The molecule has 10 heteroatoms. The first-order valence-electron chi connectivity index (χ1n) is 8.98. The van der Waals surface area contributed by atoms with Gasteiger partial charge >= 0.3 is 0 Å². The average Bonchev–Trinajstić information content (AvgIpc) is 3.43. The summed E-state index contributed by atoms with van der Waals surface area (Å²) in [7, 11) is 0. The third-order valence-corrected chi connectivity index (χ3v) is 3.85. The maximum atomic E-state index is 11.7. The third kappa shape index (κ3) is 5.83. The Hall–Kier alpha value is -4.34. The van der Waals surface area contributed by atoms with E-state index in [1.54, 1.807) is 12.1 Å². The Morgan fingerprint density at radius 1 is 0.733 bits per heavy atom. The van der Waals surface area contributed by atoms with E-state index in [4.69, 9.17) is 0 Å². The molecular formula is C20H20N8O2. The van der Waals surface area contributed by atoms with Gasteiger partial charge in [-0.25, -0.2) is 10.2 Å². The van der Waals surface area contributed by atoms with E-state index in [-0.39, 0.29) is 11.8 Å². The molecule has 2 amide bonds. The molecule has 2 aromatic heterocycles. The molecule has 0 spiro atoms. The van der Waals surface area contributed by atoms with Crippen LogP contribution in [0.5, 0.6) is 0 Å². The zero-order valence-corrected chi connectivity index (χ0v) is 16.4. The number of benzene rings is 2. The second kappa shape index (κ2) is 9.73. The predicted molar refractivity (Wildman–Crippen MR) is 111 cm³/mol. The summed E-state index contributed by atoms with van der Waals surface area (Å²) >= 11 is 0. The minimum Gasteiger partial charge on any atom is -0.291 e. The van der Waals surface area contributed by atoms with E-state index < -0.39 is 0 Å². The first-order chi connectivity index (χ1) is 14.5. The molecule has 0 radical (unpaired) electrons. The Kier molecular flexibility index (Phi) is 6.62. The highest BCUT2D eigenvalue weighted by Crippen LogP contribution is 2.07. The summed E-state index contributed by atoms with van der Waals surface area (Å²) in [6, 6.07) is 14.7. The molecule has 4 rings (SSSR count). The van der Waals surface area contributed by atoms with Gasteiger partial charge in [-0.05, 0) is 38.1 Å². The van der Waals surface area contributed by atoms with Crippen molar-refractivity contribution in [3.63, 3.8) is 0 Å². The third-order valence-electron chi connectivity index (χ3n) is 3.85. The van der Waals surface area contributed by atoms with Crippen LogP contribution in [0, 0.1) is 13.8 Å². The Morgan fingerprint density at radius 3 is 1.50 bits per heavy atom. The zero-order valence-electron chi connectivity index (χ0n) is 16.4. The first kappa shape index (κ1) is 20.4. The lowest BCUT2D eigenvalue weighted by molar-refractivity contribution is 0.101. The summed E-state index contributed by atoms with van der Waals surface area (Å²) < 4.78 is 0. The maximum Gasteiger partial charge on any atom is 0.258 e. The van der Waals surface area contributed by atoms with Crippen molar-refractivity contribution in [2.75, 3.05) is 10.6 Å². The van der Waals surface area contributed by atoms with E-state index in [2.05, 4.69) is 41.0 Å². The van der Waals surface area contributed by atoms with Gasteiger partial charge in [0.1, 0.15) is 12.7 Å². The van der Waals surface area contributed by atoms with Crippen LogP contribution in [-0.4, -0.2) is 42.2 Å². The molecule has 0 unspecified atom stereocenters. The molecule has 0 atom stereocenters. The van der Waals surface area contributed by atoms with Crippen molar-refractivity contribution in [1.29, 1.82) is 0 Å². The normalized spacial score (nSPS) is 9.93.